The zero-order chi connectivity index (χ0) is 22.8. The van der Waals surface area contributed by atoms with E-state index in [4.69, 9.17) is 14.1 Å². The zero-order valence-corrected chi connectivity index (χ0v) is 18.9. The lowest BCUT2D eigenvalue weighted by Gasteiger charge is -2.23. The molecule has 1 saturated heterocycles. The van der Waals surface area contributed by atoms with Crippen molar-refractivity contribution in [2.24, 2.45) is 0 Å². The number of nitrogens with zero attached hydrogens (tertiary/aromatic N) is 2. The van der Waals surface area contributed by atoms with Gasteiger partial charge in [0.25, 0.3) is 11.8 Å². The molecule has 0 saturated carbocycles. The molecule has 1 fully saturated rings. The van der Waals surface area contributed by atoms with Crippen LogP contribution in [0, 0.1) is 6.92 Å². The van der Waals surface area contributed by atoms with Gasteiger partial charge in [0, 0.05) is 17.9 Å². The van der Waals surface area contributed by atoms with Gasteiger partial charge in [0.1, 0.15) is 0 Å². The monoisotopic (exact) mass is 461 g/mol. The van der Waals surface area contributed by atoms with E-state index in [1.165, 1.54) is 17.6 Å². The first-order chi connectivity index (χ1) is 16.1. The van der Waals surface area contributed by atoms with Crippen LogP contribution >= 0.6 is 11.3 Å². The number of carbonyl (C=O) groups excluding carboxylic acids is 2. The fourth-order valence-electron chi connectivity index (χ4n) is 3.85. The van der Waals surface area contributed by atoms with E-state index in [0.29, 0.717) is 29.5 Å². The van der Waals surface area contributed by atoms with E-state index >= 15 is 0 Å². The Balaban J connectivity index is 1.46. The summed E-state index contributed by atoms with van der Waals surface area (Å²) in [6.07, 6.45) is 3.32. The lowest BCUT2D eigenvalue weighted by molar-refractivity contribution is 0.0917. The van der Waals surface area contributed by atoms with E-state index in [9.17, 15) is 9.59 Å². The number of aryl methyl sites for hydroxylation is 1. The van der Waals surface area contributed by atoms with Gasteiger partial charge in [-0.1, -0.05) is 29.5 Å². The number of amides is 2. The molecule has 1 aliphatic rings. The van der Waals surface area contributed by atoms with Gasteiger partial charge in [-0.05, 0) is 61.7 Å². The fraction of sp³-hybridized carbons (Fsp3) is 0.240. The number of aromatic nitrogens is 1. The normalized spacial score (nSPS) is 15.6. The summed E-state index contributed by atoms with van der Waals surface area (Å²) in [6.45, 7) is 3.02. The highest BCUT2D eigenvalue weighted by molar-refractivity contribution is 7.22. The number of benzene rings is 2. The summed E-state index contributed by atoms with van der Waals surface area (Å²) in [7, 11) is 0. The first-order valence-corrected chi connectivity index (χ1v) is 11.6. The first kappa shape index (κ1) is 21.4. The zero-order valence-electron chi connectivity index (χ0n) is 18.1. The molecule has 0 bridgehead atoms. The number of ether oxygens (including phenoxy) is 1. The Labute approximate surface area is 195 Å². The molecular weight excluding hydrogens is 438 g/mol. The Morgan fingerprint density at radius 1 is 1.18 bits per heavy atom. The average Bonchev–Trinajstić information content (AvgIpc) is 3.60. The summed E-state index contributed by atoms with van der Waals surface area (Å²) < 4.78 is 12.0. The fourth-order valence-corrected chi connectivity index (χ4v) is 4.83. The van der Waals surface area contributed by atoms with Crippen LogP contribution in [0.2, 0.25) is 0 Å². The lowest BCUT2D eigenvalue weighted by Crippen LogP contribution is -2.37. The second kappa shape index (κ2) is 9.17. The highest BCUT2D eigenvalue weighted by Crippen LogP contribution is 2.31. The number of hydrogen-bond acceptors (Lipinski definition) is 6. The Hall–Kier alpha value is -3.49. The average molecular weight is 462 g/mol. The third kappa shape index (κ3) is 4.53. The standard InChI is InChI=1S/C25H23N3O4S/c1-16-10-11-17(14-20(16)26-23(29)21-8-5-13-32-21)24(30)28(15-18-6-4-12-31-18)25-27-19-7-2-3-9-22(19)33-25/h2-3,5,7-11,13-14,18H,4,6,12,15H2,1H3,(H,26,29). The number of furan rings is 1. The number of rotatable bonds is 6. The van der Waals surface area contributed by atoms with Crippen LogP contribution in [0.4, 0.5) is 10.8 Å². The Morgan fingerprint density at radius 2 is 2.06 bits per heavy atom. The van der Waals surface area contributed by atoms with Crippen LogP contribution in [0.1, 0.15) is 39.3 Å². The van der Waals surface area contributed by atoms with Gasteiger partial charge in [-0.3, -0.25) is 14.5 Å². The molecule has 3 heterocycles. The van der Waals surface area contributed by atoms with Crippen molar-refractivity contribution in [1.29, 1.82) is 0 Å². The summed E-state index contributed by atoms with van der Waals surface area (Å²) in [5, 5.41) is 3.48. The van der Waals surface area contributed by atoms with Crippen LogP contribution in [0.3, 0.4) is 0 Å². The van der Waals surface area contributed by atoms with Crippen molar-refractivity contribution in [2.45, 2.75) is 25.9 Å². The largest absolute Gasteiger partial charge is 0.459 e. The predicted octanol–water partition coefficient (Wildman–Crippen LogP) is 5.28. The molecule has 8 heteroatoms. The van der Waals surface area contributed by atoms with Crippen molar-refractivity contribution in [3.05, 3.63) is 77.7 Å². The van der Waals surface area contributed by atoms with Gasteiger partial charge >= 0.3 is 0 Å². The van der Waals surface area contributed by atoms with Gasteiger partial charge in [-0.2, -0.15) is 0 Å². The number of para-hydroxylation sites is 1. The second-order valence-electron chi connectivity index (χ2n) is 7.98. The molecule has 2 aromatic carbocycles. The van der Waals surface area contributed by atoms with E-state index in [1.807, 2.05) is 37.3 Å². The van der Waals surface area contributed by atoms with Crippen molar-refractivity contribution < 1.29 is 18.7 Å². The van der Waals surface area contributed by atoms with Crippen LogP contribution in [-0.2, 0) is 4.74 Å². The number of carbonyl (C=O) groups is 2. The maximum absolute atomic E-state index is 13.7. The SMILES string of the molecule is Cc1ccc(C(=O)N(CC2CCCO2)c2nc3ccccc3s2)cc1NC(=O)c1ccco1. The molecular formula is C25H23N3O4S. The number of anilines is 2. The summed E-state index contributed by atoms with van der Waals surface area (Å²) in [5.41, 5.74) is 2.73. The molecule has 1 N–H and O–H groups in total. The van der Waals surface area contributed by atoms with Gasteiger partial charge < -0.3 is 14.5 Å². The molecule has 2 aromatic heterocycles. The van der Waals surface area contributed by atoms with Crippen LogP contribution in [0.5, 0.6) is 0 Å². The highest BCUT2D eigenvalue weighted by atomic mass is 32.1. The van der Waals surface area contributed by atoms with Gasteiger partial charge in [-0.15, -0.1) is 0 Å². The molecule has 4 aromatic rings. The summed E-state index contributed by atoms with van der Waals surface area (Å²) in [6, 6.07) is 16.4. The summed E-state index contributed by atoms with van der Waals surface area (Å²) >= 11 is 1.48. The maximum Gasteiger partial charge on any atom is 0.291 e. The van der Waals surface area contributed by atoms with Crippen LogP contribution in [0.25, 0.3) is 10.2 Å². The van der Waals surface area contributed by atoms with E-state index in [2.05, 4.69) is 5.32 Å². The van der Waals surface area contributed by atoms with Crippen molar-refractivity contribution in [1.82, 2.24) is 4.98 Å². The highest BCUT2D eigenvalue weighted by Gasteiger charge is 2.27. The summed E-state index contributed by atoms with van der Waals surface area (Å²) in [4.78, 5) is 32.6. The van der Waals surface area contributed by atoms with E-state index in [-0.39, 0.29) is 23.7 Å². The number of nitrogens with one attached hydrogen (secondary N) is 1. The summed E-state index contributed by atoms with van der Waals surface area (Å²) in [5.74, 6) is -0.339. The third-order valence-electron chi connectivity index (χ3n) is 5.65. The molecule has 0 radical (unpaired) electrons. The minimum absolute atomic E-state index is 0.0236. The predicted molar refractivity (Wildman–Crippen MR) is 128 cm³/mol. The molecule has 1 unspecified atom stereocenters. The minimum Gasteiger partial charge on any atom is -0.459 e. The van der Waals surface area contributed by atoms with Gasteiger partial charge in [0.05, 0.1) is 29.1 Å². The molecule has 0 spiro atoms. The van der Waals surface area contributed by atoms with Crippen molar-refractivity contribution in [3.63, 3.8) is 0 Å². The number of hydrogen-bond donors (Lipinski definition) is 1. The van der Waals surface area contributed by atoms with E-state index < -0.39 is 0 Å². The first-order valence-electron chi connectivity index (χ1n) is 10.8. The number of fused-ring (bicyclic) bond motifs is 1. The lowest BCUT2D eigenvalue weighted by atomic mass is 10.1. The van der Waals surface area contributed by atoms with Gasteiger partial charge in [0.2, 0.25) is 0 Å². The second-order valence-corrected chi connectivity index (χ2v) is 8.99. The third-order valence-corrected chi connectivity index (χ3v) is 6.71. The van der Waals surface area contributed by atoms with Gasteiger partial charge in [-0.25, -0.2) is 4.98 Å². The molecule has 1 aliphatic heterocycles. The topological polar surface area (TPSA) is 84.7 Å². The van der Waals surface area contributed by atoms with Gasteiger partial charge in [0.15, 0.2) is 10.9 Å². The van der Waals surface area contributed by atoms with Crippen molar-refractivity contribution in [3.8, 4) is 0 Å². The molecule has 33 heavy (non-hydrogen) atoms. The van der Waals surface area contributed by atoms with E-state index in [0.717, 1.165) is 28.6 Å². The van der Waals surface area contributed by atoms with Crippen molar-refractivity contribution >= 4 is 44.2 Å². The molecule has 0 aliphatic carbocycles. The Kier molecular flexibility index (Phi) is 5.93. The number of thiazole rings is 1. The van der Waals surface area contributed by atoms with E-state index in [1.54, 1.807) is 29.2 Å². The Morgan fingerprint density at radius 3 is 2.82 bits per heavy atom. The molecule has 168 valence electrons. The molecule has 2 amide bonds. The van der Waals surface area contributed by atoms with Crippen LogP contribution < -0.4 is 10.2 Å². The smallest absolute Gasteiger partial charge is 0.291 e. The van der Waals surface area contributed by atoms with Crippen molar-refractivity contribution in [2.75, 3.05) is 23.4 Å². The van der Waals surface area contributed by atoms with Crippen LogP contribution in [0.15, 0.2) is 65.3 Å². The molecule has 5 rings (SSSR count). The maximum atomic E-state index is 13.7. The minimum atomic E-state index is -0.366. The van der Waals surface area contributed by atoms with Crippen LogP contribution in [-0.4, -0.2) is 36.1 Å². The molecule has 1 atom stereocenters. The molecule has 7 nitrogen and oxygen atoms in total. The quantitative estimate of drug-likeness (QED) is 0.423. The Bertz CT molecular complexity index is 1260.